The molecule has 0 heterocycles. The number of nitrogens with zero attached hydrogens (tertiary/aromatic N) is 1. The van der Waals surface area contributed by atoms with Gasteiger partial charge in [0.2, 0.25) is 0 Å². The summed E-state index contributed by atoms with van der Waals surface area (Å²) < 4.78 is 0. The van der Waals surface area contributed by atoms with E-state index in [1.807, 2.05) is 32.0 Å². The maximum Gasteiger partial charge on any atom is 0.321 e. The predicted octanol–water partition coefficient (Wildman–Crippen LogP) is 3.06. The Morgan fingerprint density at radius 3 is 2.58 bits per heavy atom. The minimum Gasteiger partial charge on any atom is -0.325 e. The van der Waals surface area contributed by atoms with Crippen molar-refractivity contribution in [1.82, 2.24) is 10.2 Å². The summed E-state index contributed by atoms with van der Waals surface area (Å²) in [6, 6.07) is 7.94. The number of nitrogens with one attached hydrogen (secondary N) is 2. The third-order valence-electron chi connectivity index (χ3n) is 2.98. The van der Waals surface area contributed by atoms with Crippen LogP contribution in [0.5, 0.6) is 0 Å². The summed E-state index contributed by atoms with van der Waals surface area (Å²) in [4.78, 5) is 13.7. The van der Waals surface area contributed by atoms with Gasteiger partial charge in [-0.25, -0.2) is 4.79 Å². The summed E-state index contributed by atoms with van der Waals surface area (Å²) in [5, 5.41) is 6.29. The molecule has 0 aromatic heterocycles. The molecule has 2 N–H and O–H groups in total. The molecule has 0 bridgehead atoms. The van der Waals surface area contributed by atoms with E-state index in [1.54, 1.807) is 4.90 Å². The Labute approximate surface area is 116 Å². The predicted molar refractivity (Wildman–Crippen MR) is 80.4 cm³/mol. The smallest absolute Gasteiger partial charge is 0.321 e. The Morgan fingerprint density at radius 1 is 1.21 bits per heavy atom. The molecule has 0 saturated heterocycles. The lowest BCUT2D eigenvalue weighted by molar-refractivity contribution is 0.217. The second kappa shape index (κ2) is 8.53. The highest BCUT2D eigenvalue weighted by molar-refractivity contribution is 5.89. The molecular formula is C15H25N3O. The highest BCUT2D eigenvalue weighted by Gasteiger charge is 2.09. The van der Waals surface area contributed by atoms with E-state index in [4.69, 9.17) is 0 Å². The number of rotatable bonds is 7. The van der Waals surface area contributed by atoms with Crippen LogP contribution in [0.4, 0.5) is 10.5 Å². The van der Waals surface area contributed by atoms with Crippen molar-refractivity contribution in [2.45, 2.75) is 33.7 Å². The van der Waals surface area contributed by atoms with Gasteiger partial charge >= 0.3 is 6.03 Å². The van der Waals surface area contributed by atoms with E-state index in [0.717, 1.165) is 38.3 Å². The first kappa shape index (κ1) is 15.5. The van der Waals surface area contributed by atoms with Crippen LogP contribution in [0.25, 0.3) is 0 Å². The van der Waals surface area contributed by atoms with Crippen LogP contribution in [-0.2, 0) is 6.54 Å². The molecule has 4 nitrogen and oxygen atoms in total. The van der Waals surface area contributed by atoms with Crippen LogP contribution in [0.1, 0.15) is 32.8 Å². The largest absolute Gasteiger partial charge is 0.325 e. The zero-order valence-corrected chi connectivity index (χ0v) is 12.2. The average Bonchev–Trinajstić information content (AvgIpc) is 2.41. The quantitative estimate of drug-likeness (QED) is 0.743. The molecule has 1 aromatic rings. The fraction of sp³-hybridized carbons (Fsp3) is 0.533. The SMILES string of the molecule is CCCNCc1cccc(NC(=O)N(CC)CC)c1. The number of hydrogen-bond acceptors (Lipinski definition) is 2. The molecule has 0 aliphatic carbocycles. The van der Waals surface area contributed by atoms with Crippen molar-refractivity contribution in [2.24, 2.45) is 0 Å². The van der Waals surface area contributed by atoms with E-state index in [1.165, 1.54) is 5.56 Å². The van der Waals surface area contributed by atoms with Crippen LogP contribution in [0, 0.1) is 0 Å². The molecule has 0 aliphatic heterocycles. The van der Waals surface area contributed by atoms with E-state index in [2.05, 4.69) is 23.6 Å². The Balaban J connectivity index is 2.58. The molecule has 4 heteroatoms. The zero-order valence-electron chi connectivity index (χ0n) is 12.2. The van der Waals surface area contributed by atoms with E-state index in [-0.39, 0.29) is 6.03 Å². The maximum absolute atomic E-state index is 11.9. The Bertz CT molecular complexity index is 389. The summed E-state index contributed by atoms with van der Waals surface area (Å²) >= 11 is 0. The third kappa shape index (κ3) is 5.30. The summed E-state index contributed by atoms with van der Waals surface area (Å²) in [5.41, 5.74) is 2.04. The van der Waals surface area contributed by atoms with Gasteiger partial charge in [-0.1, -0.05) is 19.1 Å². The van der Waals surface area contributed by atoms with Crippen molar-refractivity contribution in [1.29, 1.82) is 0 Å². The zero-order chi connectivity index (χ0) is 14.1. The van der Waals surface area contributed by atoms with Gasteiger partial charge in [0.05, 0.1) is 0 Å². The summed E-state index contributed by atoms with van der Waals surface area (Å²) in [6.07, 6.45) is 1.12. The van der Waals surface area contributed by atoms with Gasteiger partial charge in [0.25, 0.3) is 0 Å². The molecule has 1 rings (SSSR count). The van der Waals surface area contributed by atoms with E-state index in [0.29, 0.717) is 0 Å². The number of hydrogen-bond donors (Lipinski definition) is 2. The number of carbonyl (C=O) groups is 1. The Kier molecular flexibility index (Phi) is 6.97. The Hall–Kier alpha value is -1.55. The molecule has 0 spiro atoms. The molecule has 1 aromatic carbocycles. The normalized spacial score (nSPS) is 10.3. The molecular weight excluding hydrogens is 238 g/mol. The van der Waals surface area contributed by atoms with Crippen molar-refractivity contribution < 1.29 is 4.79 Å². The van der Waals surface area contributed by atoms with Crippen molar-refractivity contribution in [3.63, 3.8) is 0 Å². The number of benzene rings is 1. The molecule has 2 amide bonds. The van der Waals surface area contributed by atoms with Crippen molar-refractivity contribution >= 4 is 11.7 Å². The lowest BCUT2D eigenvalue weighted by Crippen LogP contribution is -2.34. The minimum absolute atomic E-state index is 0.0383. The summed E-state index contributed by atoms with van der Waals surface area (Å²) in [6.45, 7) is 9.40. The first-order valence-electron chi connectivity index (χ1n) is 7.06. The van der Waals surface area contributed by atoms with Gasteiger partial charge < -0.3 is 15.5 Å². The third-order valence-corrected chi connectivity index (χ3v) is 2.98. The highest BCUT2D eigenvalue weighted by Crippen LogP contribution is 2.11. The lowest BCUT2D eigenvalue weighted by atomic mass is 10.2. The van der Waals surface area contributed by atoms with Crippen LogP contribution in [-0.4, -0.2) is 30.6 Å². The molecule has 19 heavy (non-hydrogen) atoms. The molecule has 0 aliphatic rings. The maximum atomic E-state index is 11.9. The fourth-order valence-corrected chi connectivity index (χ4v) is 1.88. The highest BCUT2D eigenvalue weighted by atomic mass is 16.2. The van der Waals surface area contributed by atoms with Crippen LogP contribution in [0.15, 0.2) is 24.3 Å². The number of urea groups is 1. The molecule has 106 valence electrons. The molecule has 0 fully saturated rings. The van der Waals surface area contributed by atoms with E-state index >= 15 is 0 Å². The second-order valence-corrected chi connectivity index (χ2v) is 4.48. The average molecular weight is 263 g/mol. The topological polar surface area (TPSA) is 44.4 Å². The molecule has 0 saturated carbocycles. The van der Waals surface area contributed by atoms with Crippen LogP contribution in [0.2, 0.25) is 0 Å². The van der Waals surface area contributed by atoms with Crippen LogP contribution in [0.3, 0.4) is 0 Å². The van der Waals surface area contributed by atoms with Crippen molar-refractivity contribution in [3.05, 3.63) is 29.8 Å². The standard InChI is InChI=1S/C15H25N3O/c1-4-10-16-12-13-8-7-9-14(11-13)17-15(19)18(5-2)6-3/h7-9,11,16H,4-6,10,12H2,1-3H3,(H,17,19). The van der Waals surface area contributed by atoms with Gasteiger partial charge in [-0.05, 0) is 44.5 Å². The summed E-state index contributed by atoms with van der Waals surface area (Å²) in [7, 11) is 0. The number of anilines is 1. The summed E-state index contributed by atoms with van der Waals surface area (Å²) in [5.74, 6) is 0. The van der Waals surface area contributed by atoms with Gasteiger partial charge in [0.15, 0.2) is 0 Å². The van der Waals surface area contributed by atoms with Crippen molar-refractivity contribution in [2.75, 3.05) is 25.0 Å². The van der Waals surface area contributed by atoms with Crippen LogP contribution < -0.4 is 10.6 Å². The lowest BCUT2D eigenvalue weighted by Gasteiger charge is -2.19. The van der Waals surface area contributed by atoms with Gasteiger partial charge in [-0.2, -0.15) is 0 Å². The monoisotopic (exact) mass is 263 g/mol. The van der Waals surface area contributed by atoms with Crippen molar-refractivity contribution in [3.8, 4) is 0 Å². The van der Waals surface area contributed by atoms with E-state index < -0.39 is 0 Å². The Morgan fingerprint density at radius 2 is 1.95 bits per heavy atom. The minimum atomic E-state index is -0.0383. The van der Waals surface area contributed by atoms with Gasteiger partial charge in [-0.3, -0.25) is 0 Å². The van der Waals surface area contributed by atoms with Gasteiger partial charge in [0.1, 0.15) is 0 Å². The molecule has 0 radical (unpaired) electrons. The van der Waals surface area contributed by atoms with E-state index in [9.17, 15) is 4.79 Å². The first-order chi connectivity index (χ1) is 9.21. The fourth-order valence-electron chi connectivity index (χ4n) is 1.88. The molecule has 0 unspecified atom stereocenters. The number of amides is 2. The van der Waals surface area contributed by atoms with Crippen LogP contribution >= 0.6 is 0 Å². The number of carbonyl (C=O) groups excluding carboxylic acids is 1. The van der Waals surface area contributed by atoms with Gasteiger partial charge in [0, 0.05) is 25.3 Å². The first-order valence-corrected chi connectivity index (χ1v) is 7.06. The van der Waals surface area contributed by atoms with Gasteiger partial charge in [-0.15, -0.1) is 0 Å². The second-order valence-electron chi connectivity index (χ2n) is 4.48. The molecule has 0 atom stereocenters.